The van der Waals surface area contributed by atoms with Crippen LogP contribution in [0, 0.1) is 0 Å². The van der Waals surface area contributed by atoms with Crippen molar-refractivity contribution in [3.63, 3.8) is 0 Å². The molecule has 0 radical (unpaired) electrons. The molecule has 4 nitrogen and oxygen atoms in total. The maximum Gasteiger partial charge on any atom is 0.298 e. The largest absolute Gasteiger partial charge is 0.491 e. The van der Waals surface area contributed by atoms with E-state index in [9.17, 15) is 8.42 Å². The van der Waals surface area contributed by atoms with Crippen molar-refractivity contribution in [2.45, 2.75) is 11.3 Å². The van der Waals surface area contributed by atoms with Gasteiger partial charge in [-0.2, -0.15) is 8.42 Å². The Morgan fingerprint density at radius 2 is 2.15 bits per heavy atom. The van der Waals surface area contributed by atoms with Gasteiger partial charge in [-0.3, -0.25) is 4.55 Å². The van der Waals surface area contributed by atoms with Gasteiger partial charge in [-0.15, -0.1) is 0 Å². The van der Waals surface area contributed by atoms with Crippen molar-refractivity contribution in [2.24, 2.45) is 0 Å². The van der Waals surface area contributed by atoms with Crippen LogP contribution in [-0.4, -0.2) is 19.6 Å². The van der Waals surface area contributed by atoms with Crippen LogP contribution in [0.1, 0.15) is 5.56 Å². The minimum Gasteiger partial charge on any atom is -0.491 e. The second-order valence-corrected chi connectivity index (χ2v) is 4.21. The Morgan fingerprint density at radius 3 is 2.85 bits per heavy atom. The van der Waals surface area contributed by atoms with E-state index in [1.807, 2.05) is 0 Å². The first-order chi connectivity index (χ1) is 6.09. The van der Waals surface area contributed by atoms with Gasteiger partial charge in [-0.05, 0) is 11.6 Å². The van der Waals surface area contributed by atoms with Gasteiger partial charge in [0, 0.05) is 6.42 Å². The molecule has 1 aromatic rings. The first kappa shape index (κ1) is 8.52. The van der Waals surface area contributed by atoms with Gasteiger partial charge in [0.25, 0.3) is 10.1 Å². The summed E-state index contributed by atoms with van der Waals surface area (Å²) in [6.45, 7) is 0.474. The van der Waals surface area contributed by atoms with Crippen LogP contribution in [-0.2, 0) is 16.5 Å². The molecule has 0 unspecified atom stereocenters. The van der Waals surface area contributed by atoms with Crippen LogP contribution in [0.25, 0.3) is 0 Å². The SMILES string of the molecule is O=S(=O)(O)c1cccc2c1OCC2. The second kappa shape index (κ2) is 2.71. The molecule has 1 aromatic carbocycles. The van der Waals surface area contributed by atoms with Gasteiger partial charge >= 0.3 is 0 Å². The molecule has 1 N–H and O–H groups in total. The lowest BCUT2D eigenvalue weighted by Crippen LogP contribution is -2.00. The average molecular weight is 200 g/mol. The smallest absolute Gasteiger partial charge is 0.298 e. The summed E-state index contributed by atoms with van der Waals surface area (Å²) < 4.78 is 35.7. The molecule has 0 saturated carbocycles. The Kier molecular flexibility index (Phi) is 1.78. The van der Waals surface area contributed by atoms with Crippen molar-refractivity contribution in [1.29, 1.82) is 0 Å². The molecular formula is C8H8O4S. The fraction of sp³-hybridized carbons (Fsp3) is 0.250. The van der Waals surface area contributed by atoms with Crippen molar-refractivity contribution in [3.05, 3.63) is 23.8 Å². The minimum atomic E-state index is -4.15. The summed E-state index contributed by atoms with van der Waals surface area (Å²) in [5.74, 6) is 0.296. The van der Waals surface area contributed by atoms with Crippen LogP contribution in [0.5, 0.6) is 5.75 Å². The lowest BCUT2D eigenvalue weighted by atomic mass is 10.2. The topological polar surface area (TPSA) is 63.6 Å². The van der Waals surface area contributed by atoms with Crippen LogP contribution < -0.4 is 4.74 Å². The molecular weight excluding hydrogens is 192 g/mol. The molecule has 0 aliphatic carbocycles. The zero-order valence-corrected chi connectivity index (χ0v) is 7.54. The predicted molar refractivity (Wildman–Crippen MR) is 45.5 cm³/mol. The third-order valence-corrected chi connectivity index (χ3v) is 2.83. The Morgan fingerprint density at radius 1 is 1.38 bits per heavy atom. The van der Waals surface area contributed by atoms with Gasteiger partial charge in [0.05, 0.1) is 6.61 Å². The number of hydrogen-bond donors (Lipinski definition) is 1. The highest BCUT2D eigenvalue weighted by Crippen LogP contribution is 2.32. The summed E-state index contributed by atoms with van der Waals surface area (Å²) in [7, 11) is -4.15. The molecule has 1 heterocycles. The van der Waals surface area contributed by atoms with Crippen LogP contribution in [0.15, 0.2) is 23.1 Å². The second-order valence-electron chi connectivity index (χ2n) is 2.82. The molecule has 0 fully saturated rings. The van der Waals surface area contributed by atoms with E-state index in [0.717, 1.165) is 5.56 Å². The predicted octanol–water partition coefficient (Wildman–Crippen LogP) is 0.868. The van der Waals surface area contributed by atoms with E-state index >= 15 is 0 Å². The fourth-order valence-electron chi connectivity index (χ4n) is 1.39. The lowest BCUT2D eigenvalue weighted by molar-refractivity contribution is 0.346. The van der Waals surface area contributed by atoms with Crippen molar-refractivity contribution in [1.82, 2.24) is 0 Å². The van der Waals surface area contributed by atoms with E-state index in [-0.39, 0.29) is 4.90 Å². The van der Waals surface area contributed by atoms with E-state index in [1.165, 1.54) is 6.07 Å². The van der Waals surface area contributed by atoms with Crippen molar-refractivity contribution >= 4 is 10.1 Å². The first-order valence-electron chi connectivity index (χ1n) is 3.81. The summed E-state index contributed by atoms with van der Waals surface area (Å²) in [6, 6.07) is 4.72. The quantitative estimate of drug-likeness (QED) is 0.683. The van der Waals surface area contributed by atoms with Gasteiger partial charge in [0.15, 0.2) is 0 Å². The zero-order chi connectivity index (χ0) is 9.47. The van der Waals surface area contributed by atoms with E-state index in [4.69, 9.17) is 9.29 Å². The van der Waals surface area contributed by atoms with Crippen LogP contribution >= 0.6 is 0 Å². The molecule has 0 bridgehead atoms. The van der Waals surface area contributed by atoms with Crippen LogP contribution in [0.2, 0.25) is 0 Å². The Hall–Kier alpha value is -1.07. The Balaban J connectivity index is 2.67. The molecule has 0 amide bonds. The Labute approximate surface area is 75.9 Å². The van der Waals surface area contributed by atoms with E-state index < -0.39 is 10.1 Å². The highest BCUT2D eigenvalue weighted by Gasteiger charge is 2.22. The van der Waals surface area contributed by atoms with Crippen molar-refractivity contribution < 1.29 is 17.7 Å². The summed E-state index contributed by atoms with van der Waals surface area (Å²) in [5, 5.41) is 0. The number of rotatable bonds is 1. The summed E-state index contributed by atoms with van der Waals surface area (Å²) in [6.07, 6.45) is 0.693. The molecule has 1 aliphatic heterocycles. The third-order valence-electron chi connectivity index (χ3n) is 1.96. The molecule has 0 aromatic heterocycles. The van der Waals surface area contributed by atoms with Crippen LogP contribution in [0.4, 0.5) is 0 Å². The van der Waals surface area contributed by atoms with Crippen LogP contribution in [0.3, 0.4) is 0 Å². The molecule has 13 heavy (non-hydrogen) atoms. The van der Waals surface area contributed by atoms with Gasteiger partial charge in [-0.25, -0.2) is 0 Å². The molecule has 70 valence electrons. The highest BCUT2D eigenvalue weighted by atomic mass is 32.2. The lowest BCUT2D eigenvalue weighted by Gasteiger charge is -2.03. The van der Waals surface area contributed by atoms with Gasteiger partial charge in [0.2, 0.25) is 0 Å². The summed E-state index contributed by atoms with van der Waals surface area (Å²) >= 11 is 0. The number of hydrogen-bond acceptors (Lipinski definition) is 3. The highest BCUT2D eigenvalue weighted by molar-refractivity contribution is 7.86. The molecule has 0 saturated heterocycles. The Bertz CT molecular complexity index is 435. The van der Waals surface area contributed by atoms with Gasteiger partial charge in [0.1, 0.15) is 10.6 Å². The van der Waals surface area contributed by atoms with E-state index in [2.05, 4.69) is 0 Å². The van der Waals surface area contributed by atoms with E-state index in [0.29, 0.717) is 18.8 Å². The standard InChI is InChI=1S/C8H8O4S/c9-13(10,11)7-3-1-2-6-4-5-12-8(6)7/h1-3H,4-5H2,(H,9,10,11). The maximum atomic E-state index is 10.9. The van der Waals surface area contributed by atoms with E-state index in [1.54, 1.807) is 12.1 Å². The maximum absolute atomic E-state index is 10.9. The fourth-order valence-corrected chi connectivity index (χ4v) is 2.06. The summed E-state index contributed by atoms with van der Waals surface area (Å²) in [4.78, 5) is -0.137. The molecule has 5 heteroatoms. The molecule has 2 rings (SSSR count). The monoisotopic (exact) mass is 200 g/mol. The molecule has 0 atom stereocenters. The number of ether oxygens (including phenoxy) is 1. The number of para-hydroxylation sites is 1. The summed E-state index contributed by atoms with van der Waals surface area (Å²) in [5.41, 5.74) is 0.829. The normalized spacial score (nSPS) is 15.2. The molecule has 1 aliphatic rings. The number of fused-ring (bicyclic) bond motifs is 1. The first-order valence-corrected chi connectivity index (χ1v) is 5.25. The average Bonchev–Trinajstić information content (AvgIpc) is 2.48. The van der Waals surface area contributed by atoms with Crippen molar-refractivity contribution in [2.75, 3.05) is 6.61 Å². The number of benzene rings is 1. The van der Waals surface area contributed by atoms with Gasteiger partial charge in [-0.1, -0.05) is 12.1 Å². The minimum absolute atomic E-state index is 0.137. The van der Waals surface area contributed by atoms with Crippen molar-refractivity contribution in [3.8, 4) is 5.75 Å². The zero-order valence-electron chi connectivity index (χ0n) is 6.73. The molecule has 0 spiro atoms. The van der Waals surface area contributed by atoms with Gasteiger partial charge < -0.3 is 4.74 Å². The third kappa shape index (κ3) is 1.40.